The van der Waals surface area contributed by atoms with Crippen molar-refractivity contribution in [2.24, 2.45) is 0 Å². The van der Waals surface area contributed by atoms with Crippen molar-refractivity contribution < 1.29 is 0 Å². The predicted octanol–water partition coefficient (Wildman–Crippen LogP) is 4.20. The van der Waals surface area contributed by atoms with Gasteiger partial charge in [0.25, 0.3) is 0 Å². The molecule has 122 valence electrons. The van der Waals surface area contributed by atoms with Crippen molar-refractivity contribution in [3.05, 3.63) is 34.4 Å². The molecule has 1 saturated heterocycles. The molecule has 4 heteroatoms. The van der Waals surface area contributed by atoms with Crippen LogP contribution in [-0.4, -0.2) is 31.1 Å². The second kappa shape index (κ2) is 9.68. The van der Waals surface area contributed by atoms with E-state index in [4.69, 9.17) is 0 Å². The van der Waals surface area contributed by atoms with Crippen LogP contribution in [-0.2, 0) is 0 Å². The molecule has 0 amide bonds. The van der Waals surface area contributed by atoms with E-state index in [1.165, 1.54) is 42.6 Å². The molecule has 1 aromatic carbocycles. The minimum Gasteiger partial charge on any atom is -0.314 e. The molecule has 0 spiro atoms. The van der Waals surface area contributed by atoms with Gasteiger partial charge in [0.05, 0.1) is 0 Å². The zero-order valence-corrected chi connectivity index (χ0v) is 15.4. The molecule has 1 aromatic rings. The maximum absolute atomic E-state index is 3.46. The zero-order valence-electron chi connectivity index (χ0n) is 13.7. The number of halogens is 2. The second-order valence-corrected chi connectivity index (χ2v) is 5.90. The van der Waals surface area contributed by atoms with Crippen molar-refractivity contribution in [1.29, 1.82) is 0 Å². The fourth-order valence-electron chi connectivity index (χ4n) is 3.49. The number of aryl methyl sites for hydroxylation is 3. The van der Waals surface area contributed by atoms with Crippen molar-refractivity contribution >= 4 is 24.8 Å². The van der Waals surface area contributed by atoms with E-state index in [-0.39, 0.29) is 24.8 Å². The van der Waals surface area contributed by atoms with Gasteiger partial charge in [-0.25, -0.2) is 0 Å². The highest BCUT2D eigenvalue weighted by atomic mass is 35.5. The molecule has 1 N–H and O–H groups in total. The maximum atomic E-state index is 3.46. The molecule has 1 fully saturated rings. The van der Waals surface area contributed by atoms with Crippen LogP contribution in [0.3, 0.4) is 0 Å². The van der Waals surface area contributed by atoms with Gasteiger partial charge in [-0.1, -0.05) is 31.0 Å². The third-order valence-electron chi connectivity index (χ3n) is 4.23. The third kappa shape index (κ3) is 5.14. The van der Waals surface area contributed by atoms with Crippen molar-refractivity contribution in [3.63, 3.8) is 0 Å². The van der Waals surface area contributed by atoms with Gasteiger partial charge in [-0.3, -0.25) is 4.90 Å². The summed E-state index contributed by atoms with van der Waals surface area (Å²) in [5.74, 6) is 0. The fourth-order valence-corrected chi connectivity index (χ4v) is 3.49. The average Bonchev–Trinajstić information content (AvgIpc) is 2.37. The largest absolute Gasteiger partial charge is 0.314 e. The Morgan fingerprint density at radius 2 is 1.57 bits per heavy atom. The number of nitrogens with zero attached hydrogens (tertiary/aromatic N) is 1. The van der Waals surface area contributed by atoms with Crippen molar-refractivity contribution in [2.75, 3.05) is 26.2 Å². The Kier molecular flexibility index (Phi) is 9.55. The van der Waals surface area contributed by atoms with E-state index in [0.29, 0.717) is 6.04 Å². The molecule has 1 atom stereocenters. The first-order chi connectivity index (χ1) is 9.13. The van der Waals surface area contributed by atoms with Gasteiger partial charge in [0.2, 0.25) is 0 Å². The Balaban J connectivity index is 0.00000200. The Hall–Kier alpha value is -0.280. The molecular weight excluding hydrogens is 303 g/mol. The van der Waals surface area contributed by atoms with E-state index in [1.807, 2.05) is 0 Å². The first-order valence-corrected chi connectivity index (χ1v) is 7.66. The predicted molar refractivity (Wildman–Crippen MR) is 97.2 cm³/mol. The van der Waals surface area contributed by atoms with Crippen LogP contribution in [0, 0.1) is 20.8 Å². The quantitative estimate of drug-likeness (QED) is 0.888. The molecule has 0 unspecified atom stereocenters. The number of rotatable bonds is 4. The first kappa shape index (κ1) is 20.7. The second-order valence-electron chi connectivity index (χ2n) is 5.90. The standard InChI is InChI=1S/C17H28N2.2ClH/c1-5-6-16(19-9-7-18-8-10-19)17-14(3)11-13(2)12-15(17)4;;/h11-12,16,18H,5-10H2,1-4H3;2*1H/t16-;;/m1../s1. The van der Waals surface area contributed by atoms with Gasteiger partial charge in [-0.2, -0.15) is 0 Å². The molecule has 0 radical (unpaired) electrons. The summed E-state index contributed by atoms with van der Waals surface area (Å²) in [5, 5.41) is 3.46. The number of hydrogen-bond donors (Lipinski definition) is 1. The van der Waals surface area contributed by atoms with E-state index in [0.717, 1.165) is 13.1 Å². The summed E-state index contributed by atoms with van der Waals surface area (Å²) in [5.41, 5.74) is 5.90. The summed E-state index contributed by atoms with van der Waals surface area (Å²) in [7, 11) is 0. The molecule has 0 aromatic heterocycles. The van der Waals surface area contributed by atoms with Gasteiger partial charge < -0.3 is 5.32 Å². The lowest BCUT2D eigenvalue weighted by molar-refractivity contribution is 0.163. The highest BCUT2D eigenvalue weighted by Crippen LogP contribution is 2.31. The Morgan fingerprint density at radius 3 is 2.05 bits per heavy atom. The minimum absolute atomic E-state index is 0. The lowest BCUT2D eigenvalue weighted by Gasteiger charge is -2.36. The number of piperazine rings is 1. The van der Waals surface area contributed by atoms with E-state index in [2.05, 4.69) is 50.0 Å². The Morgan fingerprint density at radius 1 is 1.05 bits per heavy atom. The van der Waals surface area contributed by atoms with Crippen LogP contribution in [0.25, 0.3) is 0 Å². The lowest BCUT2D eigenvalue weighted by atomic mass is 9.90. The number of hydrogen-bond acceptors (Lipinski definition) is 2. The molecule has 1 heterocycles. The van der Waals surface area contributed by atoms with Crippen LogP contribution < -0.4 is 5.32 Å². The first-order valence-electron chi connectivity index (χ1n) is 7.66. The topological polar surface area (TPSA) is 15.3 Å². The number of nitrogens with one attached hydrogen (secondary N) is 1. The molecule has 1 aliphatic rings. The average molecular weight is 333 g/mol. The van der Waals surface area contributed by atoms with Crippen molar-refractivity contribution in [1.82, 2.24) is 10.2 Å². The van der Waals surface area contributed by atoms with Gasteiger partial charge in [0, 0.05) is 32.2 Å². The Labute approximate surface area is 142 Å². The normalized spacial score (nSPS) is 16.8. The highest BCUT2D eigenvalue weighted by molar-refractivity contribution is 5.85. The van der Waals surface area contributed by atoms with Gasteiger partial charge in [0.15, 0.2) is 0 Å². The van der Waals surface area contributed by atoms with Crippen molar-refractivity contribution in [2.45, 2.75) is 46.6 Å². The molecule has 1 aliphatic heterocycles. The van der Waals surface area contributed by atoms with E-state index >= 15 is 0 Å². The van der Waals surface area contributed by atoms with Crippen LogP contribution in [0.15, 0.2) is 12.1 Å². The fraction of sp³-hybridized carbons (Fsp3) is 0.647. The summed E-state index contributed by atoms with van der Waals surface area (Å²) in [6, 6.07) is 5.29. The molecule has 0 aliphatic carbocycles. The molecule has 21 heavy (non-hydrogen) atoms. The maximum Gasteiger partial charge on any atom is 0.0354 e. The number of benzene rings is 1. The highest BCUT2D eigenvalue weighted by Gasteiger charge is 2.24. The van der Waals surface area contributed by atoms with E-state index in [9.17, 15) is 0 Å². The summed E-state index contributed by atoms with van der Waals surface area (Å²) in [6.07, 6.45) is 2.52. The lowest BCUT2D eigenvalue weighted by Crippen LogP contribution is -2.45. The summed E-state index contributed by atoms with van der Waals surface area (Å²) >= 11 is 0. The van der Waals surface area contributed by atoms with Gasteiger partial charge in [-0.15, -0.1) is 24.8 Å². The van der Waals surface area contributed by atoms with E-state index < -0.39 is 0 Å². The van der Waals surface area contributed by atoms with Gasteiger partial charge in [-0.05, 0) is 43.9 Å². The van der Waals surface area contributed by atoms with E-state index in [1.54, 1.807) is 5.56 Å². The molecule has 0 bridgehead atoms. The molecule has 2 rings (SSSR count). The zero-order chi connectivity index (χ0) is 13.8. The smallest absolute Gasteiger partial charge is 0.0354 e. The summed E-state index contributed by atoms with van der Waals surface area (Å²) in [6.45, 7) is 13.7. The molecule has 2 nitrogen and oxygen atoms in total. The summed E-state index contributed by atoms with van der Waals surface area (Å²) < 4.78 is 0. The monoisotopic (exact) mass is 332 g/mol. The Bertz CT molecular complexity index is 406. The van der Waals surface area contributed by atoms with Gasteiger partial charge >= 0.3 is 0 Å². The van der Waals surface area contributed by atoms with Crippen LogP contribution in [0.1, 0.15) is 48.1 Å². The molecular formula is C17H30Cl2N2. The summed E-state index contributed by atoms with van der Waals surface area (Å²) in [4.78, 5) is 2.67. The van der Waals surface area contributed by atoms with Crippen molar-refractivity contribution in [3.8, 4) is 0 Å². The minimum atomic E-state index is 0. The molecule has 0 saturated carbocycles. The van der Waals surface area contributed by atoms with Crippen LogP contribution in [0.2, 0.25) is 0 Å². The van der Waals surface area contributed by atoms with Crippen LogP contribution >= 0.6 is 24.8 Å². The van der Waals surface area contributed by atoms with Crippen LogP contribution in [0.5, 0.6) is 0 Å². The SMILES string of the molecule is CCC[C@H](c1c(C)cc(C)cc1C)N1CCNCC1.Cl.Cl. The van der Waals surface area contributed by atoms with Crippen LogP contribution in [0.4, 0.5) is 0 Å². The van der Waals surface area contributed by atoms with Gasteiger partial charge in [0.1, 0.15) is 0 Å². The third-order valence-corrected chi connectivity index (χ3v) is 4.23.